The first-order valence-corrected chi connectivity index (χ1v) is 10.5. The van der Waals surface area contributed by atoms with Crippen LogP contribution < -0.4 is 10.6 Å². The molecule has 0 saturated carbocycles. The standard InChI is InChI=1S/C17H27N3O2S2/c1-4-9-24(21,22)20-7-5-15(6-8-20)18-17(23)19-16-11-13(2)10-14(3)12-16/h10-12,15H,4-9H2,1-3H3,(H2,18,19,23). The molecule has 24 heavy (non-hydrogen) atoms. The second-order valence-electron chi connectivity index (χ2n) is 6.46. The van der Waals surface area contributed by atoms with Gasteiger partial charge in [-0.25, -0.2) is 12.7 Å². The molecule has 1 aromatic carbocycles. The molecule has 1 aliphatic rings. The number of hydrogen-bond acceptors (Lipinski definition) is 3. The van der Waals surface area contributed by atoms with Crippen molar-refractivity contribution in [1.29, 1.82) is 0 Å². The average Bonchev–Trinajstić information content (AvgIpc) is 2.46. The minimum absolute atomic E-state index is 0.212. The number of piperidine rings is 1. The molecule has 2 N–H and O–H groups in total. The lowest BCUT2D eigenvalue weighted by Gasteiger charge is -2.32. The molecule has 1 heterocycles. The Bertz CT molecular complexity index is 661. The number of nitrogens with zero attached hydrogens (tertiary/aromatic N) is 1. The van der Waals surface area contributed by atoms with Crippen LogP contribution in [0.2, 0.25) is 0 Å². The summed E-state index contributed by atoms with van der Waals surface area (Å²) in [5.74, 6) is 0.234. The minimum Gasteiger partial charge on any atom is -0.360 e. The van der Waals surface area contributed by atoms with Crippen LogP contribution >= 0.6 is 12.2 Å². The van der Waals surface area contributed by atoms with Gasteiger partial charge in [0.25, 0.3) is 0 Å². The van der Waals surface area contributed by atoms with Gasteiger partial charge in [0.1, 0.15) is 0 Å². The van der Waals surface area contributed by atoms with Crippen LogP contribution in [-0.2, 0) is 10.0 Å². The molecule has 0 atom stereocenters. The van der Waals surface area contributed by atoms with E-state index in [1.807, 2.05) is 6.92 Å². The van der Waals surface area contributed by atoms with Gasteiger partial charge in [0, 0.05) is 24.8 Å². The normalized spacial score (nSPS) is 16.8. The highest BCUT2D eigenvalue weighted by Crippen LogP contribution is 2.16. The molecule has 1 fully saturated rings. The number of benzene rings is 1. The van der Waals surface area contributed by atoms with Crippen molar-refractivity contribution in [3.8, 4) is 0 Å². The topological polar surface area (TPSA) is 61.4 Å². The molecule has 0 spiro atoms. The first-order valence-electron chi connectivity index (χ1n) is 8.44. The summed E-state index contributed by atoms with van der Waals surface area (Å²) < 4.78 is 25.8. The van der Waals surface area contributed by atoms with Crippen LogP contribution in [0, 0.1) is 13.8 Å². The molecule has 5 nitrogen and oxygen atoms in total. The van der Waals surface area contributed by atoms with E-state index in [9.17, 15) is 8.42 Å². The van der Waals surface area contributed by atoms with Crippen molar-refractivity contribution in [3.05, 3.63) is 29.3 Å². The Kier molecular flexibility index (Phi) is 6.60. The molecule has 0 radical (unpaired) electrons. The van der Waals surface area contributed by atoms with E-state index in [1.54, 1.807) is 4.31 Å². The number of hydrogen-bond donors (Lipinski definition) is 2. The first-order chi connectivity index (χ1) is 11.3. The Balaban J connectivity index is 1.84. The molecule has 7 heteroatoms. The van der Waals surface area contributed by atoms with Crippen molar-refractivity contribution < 1.29 is 8.42 Å². The molecule has 0 aromatic heterocycles. The molecular weight excluding hydrogens is 342 g/mol. The summed E-state index contributed by atoms with van der Waals surface area (Å²) in [5.41, 5.74) is 3.36. The highest BCUT2D eigenvalue weighted by molar-refractivity contribution is 7.89. The largest absolute Gasteiger partial charge is 0.360 e. The Morgan fingerprint density at radius 2 is 1.79 bits per heavy atom. The Morgan fingerprint density at radius 3 is 2.33 bits per heavy atom. The van der Waals surface area contributed by atoms with E-state index in [0.717, 1.165) is 18.5 Å². The Labute approximate surface area is 150 Å². The predicted molar refractivity (Wildman–Crippen MR) is 104 cm³/mol. The van der Waals surface area contributed by atoms with Crippen LogP contribution in [-0.4, -0.2) is 42.7 Å². The molecule has 1 aromatic rings. The summed E-state index contributed by atoms with van der Waals surface area (Å²) in [5, 5.41) is 7.12. The number of aryl methyl sites for hydroxylation is 2. The average molecular weight is 370 g/mol. The van der Waals surface area contributed by atoms with E-state index in [0.29, 0.717) is 24.6 Å². The van der Waals surface area contributed by atoms with Gasteiger partial charge in [-0.1, -0.05) is 13.0 Å². The van der Waals surface area contributed by atoms with E-state index in [2.05, 4.69) is 42.7 Å². The fourth-order valence-corrected chi connectivity index (χ4v) is 4.89. The molecule has 0 amide bonds. The van der Waals surface area contributed by atoms with Crippen molar-refractivity contribution >= 4 is 33.0 Å². The predicted octanol–water partition coefficient (Wildman–Crippen LogP) is 2.79. The fraction of sp³-hybridized carbons (Fsp3) is 0.588. The van der Waals surface area contributed by atoms with Crippen molar-refractivity contribution in [2.45, 2.75) is 46.1 Å². The maximum atomic E-state index is 12.1. The highest BCUT2D eigenvalue weighted by atomic mass is 32.2. The van der Waals surface area contributed by atoms with Gasteiger partial charge in [0.2, 0.25) is 10.0 Å². The third-order valence-corrected chi connectivity index (χ3v) is 6.42. The molecule has 1 saturated heterocycles. The smallest absolute Gasteiger partial charge is 0.214 e. The second-order valence-corrected chi connectivity index (χ2v) is 8.96. The lowest BCUT2D eigenvalue weighted by Crippen LogP contribution is -2.47. The van der Waals surface area contributed by atoms with E-state index in [-0.39, 0.29) is 11.8 Å². The number of anilines is 1. The summed E-state index contributed by atoms with van der Waals surface area (Å²) in [7, 11) is -3.09. The van der Waals surface area contributed by atoms with Gasteiger partial charge in [-0.3, -0.25) is 0 Å². The van der Waals surface area contributed by atoms with E-state index in [4.69, 9.17) is 12.2 Å². The monoisotopic (exact) mass is 369 g/mol. The third-order valence-electron chi connectivity index (χ3n) is 4.12. The van der Waals surface area contributed by atoms with E-state index < -0.39 is 10.0 Å². The van der Waals surface area contributed by atoms with Gasteiger partial charge in [0.15, 0.2) is 5.11 Å². The summed E-state index contributed by atoms with van der Waals surface area (Å²) >= 11 is 5.39. The van der Waals surface area contributed by atoms with Crippen LogP contribution in [0.25, 0.3) is 0 Å². The van der Waals surface area contributed by atoms with Crippen LogP contribution in [0.5, 0.6) is 0 Å². The van der Waals surface area contributed by atoms with Crippen molar-refractivity contribution in [2.24, 2.45) is 0 Å². The second kappa shape index (κ2) is 8.27. The van der Waals surface area contributed by atoms with Crippen LogP contribution in [0.3, 0.4) is 0 Å². The molecule has 0 aliphatic carbocycles. The Morgan fingerprint density at radius 1 is 1.21 bits per heavy atom. The number of thiocarbonyl (C=S) groups is 1. The molecular formula is C17H27N3O2S2. The SMILES string of the molecule is CCCS(=O)(=O)N1CCC(NC(=S)Nc2cc(C)cc(C)c2)CC1. The fourth-order valence-electron chi connectivity index (χ4n) is 3.06. The minimum atomic E-state index is -3.09. The summed E-state index contributed by atoms with van der Waals surface area (Å²) in [6.07, 6.45) is 2.21. The summed E-state index contributed by atoms with van der Waals surface area (Å²) in [4.78, 5) is 0. The van der Waals surface area contributed by atoms with Gasteiger partial charge in [-0.2, -0.15) is 0 Å². The van der Waals surface area contributed by atoms with E-state index >= 15 is 0 Å². The molecule has 1 aliphatic heterocycles. The maximum Gasteiger partial charge on any atom is 0.214 e. The zero-order chi connectivity index (χ0) is 17.7. The maximum absolute atomic E-state index is 12.1. The van der Waals surface area contributed by atoms with Gasteiger partial charge >= 0.3 is 0 Å². The van der Waals surface area contributed by atoms with Gasteiger partial charge < -0.3 is 10.6 Å². The lowest BCUT2D eigenvalue weighted by atomic mass is 10.1. The van der Waals surface area contributed by atoms with Gasteiger partial charge in [0.05, 0.1) is 5.75 Å². The Hall–Kier alpha value is -1.18. The van der Waals surface area contributed by atoms with Crippen LogP contribution in [0.1, 0.15) is 37.3 Å². The quantitative estimate of drug-likeness (QED) is 0.782. The summed E-state index contributed by atoms with van der Waals surface area (Å²) in [6.45, 7) is 7.13. The molecule has 0 bridgehead atoms. The third kappa shape index (κ3) is 5.43. The molecule has 2 rings (SSSR count). The number of nitrogens with one attached hydrogen (secondary N) is 2. The number of sulfonamides is 1. The molecule has 0 unspecified atom stereocenters. The van der Waals surface area contributed by atoms with Crippen molar-refractivity contribution in [2.75, 3.05) is 24.2 Å². The van der Waals surface area contributed by atoms with Crippen LogP contribution in [0.15, 0.2) is 18.2 Å². The van der Waals surface area contributed by atoms with E-state index in [1.165, 1.54) is 11.1 Å². The number of rotatable bonds is 5. The van der Waals surface area contributed by atoms with Crippen LogP contribution in [0.4, 0.5) is 5.69 Å². The van der Waals surface area contributed by atoms with Crippen molar-refractivity contribution in [1.82, 2.24) is 9.62 Å². The first kappa shape index (κ1) is 19.1. The highest BCUT2D eigenvalue weighted by Gasteiger charge is 2.27. The van der Waals surface area contributed by atoms with Gasteiger partial charge in [-0.15, -0.1) is 0 Å². The van der Waals surface area contributed by atoms with Crippen molar-refractivity contribution in [3.63, 3.8) is 0 Å². The molecule has 134 valence electrons. The van der Waals surface area contributed by atoms with Gasteiger partial charge in [-0.05, 0) is 68.6 Å². The zero-order valence-corrected chi connectivity index (χ0v) is 16.3. The summed E-state index contributed by atoms with van der Waals surface area (Å²) in [6, 6.07) is 6.44. The lowest BCUT2D eigenvalue weighted by molar-refractivity contribution is 0.308. The zero-order valence-electron chi connectivity index (χ0n) is 14.6.